The number of hydrogen-bond donors (Lipinski definition) is 1. The number of nitriles is 1. The van der Waals surface area contributed by atoms with Crippen LogP contribution in [0, 0.1) is 17.1 Å². The van der Waals surface area contributed by atoms with E-state index in [1.54, 1.807) is 18.2 Å². The molecule has 0 heterocycles. The molecule has 0 aliphatic heterocycles. The van der Waals surface area contributed by atoms with Crippen LogP contribution in [0.3, 0.4) is 0 Å². The molecule has 0 radical (unpaired) electrons. The van der Waals surface area contributed by atoms with E-state index in [4.69, 9.17) is 5.26 Å². The Labute approximate surface area is 116 Å². The molecular weight excluding hydrogens is 255 g/mol. The fraction of sp³-hybridized carbons (Fsp3) is 0.125. The summed E-state index contributed by atoms with van der Waals surface area (Å²) in [5.74, 6) is -1.01. The number of halogens is 1. The second-order valence-electron chi connectivity index (χ2n) is 4.28. The van der Waals surface area contributed by atoms with Crippen molar-refractivity contribution in [1.29, 1.82) is 5.26 Å². The van der Waals surface area contributed by atoms with Gasteiger partial charge in [0, 0.05) is 5.56 Å². The number of carbonyl (C=O) groups is 1. The summed E-state index contributed by atoms with van der Waals surface area (Å²) in [6.07, 6.45) is 0.893. The monoisotopic (exact) mass is 268 g/mol. The van der Waals surface area contributed by atoms with Gasteiger partial charge in [-0.1, -0.05) is 25.1 Å². The lowest BCUT2D eigenvalue weighted by atomic mass is 10.1. The smallest absolute Gasteiger partial charge is 0.255 e. The van der Waals surface area contributed by atoms with Crippen molar-refractivity contribution in [1.82, 2.24) is 0 Å². The van der Waals surface area contributed by atoms with Gasteiger partial charge in [0.15, 0.2) is 0 Å². The van der Waals surface area contributed by atoms with E-state index < -0.39 is 5.82 Å². The van der Waals surface area contributed by atoms with Crippen LogP contribution in [-0.2, 0) is 6.42 Å². The highest BCUT2D eigenvalue weighted by atomic mass is 19.1. The molecule has 0 spiro atoms. The van der Waals surface area contributed by atoms with Crippen LogP contribution < -0.4 is 5.32 Å². The summed E-state index contributed by atoms with van der Waals surface area (Å²) in [7, 11) is 0. The maximum Gasteiger partial charge on any atom is 0.255 e. The lowest BCUT2D eigenvalue weighted by molar-refractivity contribution is 0.102. The van der Waals surface area contributed by atoms with Crippen LogP contribution in [0.5, 0.6) is 0 Å². The minimum absolute atomic E-state index is 0.161. The number of benzene rings is 2. The topological polar surface area (TPSA) is 52.9 Å². The largest absolute Gasteiger partial charge is 0.321 e. The first-order valence-corrected chi connectivity index (χ1v) is 6.24. The average Bonchev–Trinajstić information content (AvgIpc) is 2.47. The van der Waals surface area contributed by atoms with Gasteiger partial charge in [-0.2, -0.15) is 5.26 Å². The number of hydrogen-bond acceptors (Lipinski definition) is 2. The fourth-order valence-corrected chi connectivity index (χ4v) is 1.83. The number of rotatable bonds is 3. The average molecular weight is 268 g/mol. The van der Waals surface area contributed by atoms with Crippen molar-refractivity contribution in [3.63, 3.8) is 0 Å². The van der Waals surface area contributed by atoms with E-state index in [1.165, 1.54) is 18.2 Å². The second-order valence-corrected chi connectivity index (χ2v) is 4.28. The maximum absolute atomic E-state index is 13.4. The van der Waals surface area contributed by atoms with E-state index in [0.29, 0.717) is 5.56 Å². The standard InChI is InChI=1S/C16H13FN2O/c1-2-11-6-8-12(9-7-11)16(20)19-15-5-3-4-14(17)13(15)10-18/h3-9H,2H2,1H3,(H,19,20). The summed E-state index contributed by atoms with van der Waals surface area (Å²) in [4.78, 5) is 12.1. The zero-order valence-electron chi connectivity index (χ0n) is 11.0. The quantitative estimate of drug-likeness (QED) is 0.926. The van der Waals surface area contributed by atoms with Crippen LogP contribution in [0.4, 0.5) is 10.1 Å². The first-order valence-electron chi connectivity index (χ1n) is 6.24. The molecule has 0 saturated heterocycles. The van der Waals surface area contributed by atoms with Gasteiger partial charge in [-0.15, -0.1) is 0 Å². The molecule has 100 valence electrons. The zero-order chi connectivity index (χ0) is 14.5. The Balaban J connectivity index is 2.23. The van der Waals surface area contributed by atoms with Gasteiger partial charge < -0.3 is 5.32 Å². The van der Waals surface area contributed by atoms with Crippen LogP contribution in [-0.4, -0.2) is 5.91 Å². The van der Waals surface area contributed by atoms with Crippen molar-refractivity contribution in [3.8, 4) is 6.07 Å². The summed E-state index contributed by atoms with van der Waals surface area (Å²) in [5.41, 5.74) is 1.61. The van der Waals surface area contributed by atoms with E-state index in [0.717, 1.165) is 12.0 Å². The molecule has 0 fully saturated rings. The predicted molar refractivity (Wildman–Crippen MR) is 74.9 cm³/mol. The van der Waals surface area contributed by atoms with E-state index in [2.05, 4.69) is 5.32 Å². The highest BCUT2D eigenvalue weighted by molar-refractivity contribution is 6.04. The molecule has 0 saturated carbocycles. The highest BCUT2D eigenvalue weighted by Gasteiger charge is 2.11. The number of nitrogens with one attached hydrogen (secondary N) is 1. The molecule has 0 aromatic heterocycles. The van der Waals surface area contributed by atoms with Gasteiger partial charge in [0.05, 0.1) is 5.69 Å². The summed E-state index contributed by atoms with van der Waals surface area (Å²) in [6, 6.07) is 13.0. The predicted octanol–water partition coefficient (Wildman–Crippen LogP) is 3.51. The molecule has 2 aromatic rings. The van der Waals surface area contributed by atoms with Crippen molar-refractivity contribution in [2.24, 2.45) is 0 Å². The van der Waals surface area contributed by atoms with Crippen LogP contribution in [0.15, 0.2) is 42.5 Å². The summed E-state index contributed by atoms with van der Waals surface area (Å²) < 4.78 is 13.4. The van der Waals surface area contributed by atoms with Crippen LogP contribution in [0.2, 0.25) is 0 Å². The minimum atomic E-state index is -0.647. The zero-order valence-corrected chi connectivity index (χ0v) is 11.0. The Morgan fingerprint density at radius 1 is 1.25 bits per heavy atom. The molecule has 2 aromatic carbocycles. The number of amides is 1. The third kappa shape index (κ3) is 2.83. The molecule has 1 N–H and O–H groups in total. The molecule has 2 rings (SSSR count). The number of aryl methyl sites for hydroxylation is 1. The fourth-order valence-electron chi connectivity index (χ4n) is 1.83. The van der Waals surface area contributed by atoms with Gasteiger partial charge in [0.25, 0.3) is 5.91 Å². The lowest BCUT2D eigenvalue weighted by Crippen LogP contribution is -2.13. The van der Waals surface area contributed by atoms with Crippen molar-refractivity contribution >= 4 is 11.6 Å². The highest BCUT2D eigenvalue weighted by Crippen LogP contribution is 2.18. The first kappa shape index (κ1) is 13.8. The molecule has 20 heavy (non-hydrogen) atoms. The lowest BCUT2D eigenvalue weighted by Gasteiger charge is -2.08. The van der Waals surface area contributed by atoms with E-state index in [9.17, 15) is 9.18 Å². The van der Waals surface area contributed by atoms with Gasteiger partial charge in [-0.25, -0.2) is 4.39 Å². The summed E-state index contributed by atoms with van der Waals surface area (Å²) in [6.45, 7) is 2.03. The Bertz CT molecular complexity index is 672. The minimum Gasteiger partial charge on any atom is -0.321 e. The van der Waals surface area contributed by atoms with Gasteiger partial charge >= 0.3 is 0 Å². The van der Waals surface area contributed by atoms with Gasteiger partial charge in [-0.3, -0.25) is 4.79 Å². The van der Waals surface area contributed by atoms with Crippen LogP contribution >= 0.6 is 0 Å². The number of carbonyl (C=O) groups excluding carboxylic acids is 1. The van der Waals surface area contributed by atoms with Crippen molar-refractivity contribution in [2.45, 2.75) is 13.3 Å². The third-order valence-electron chi connectivity index (χ3n) is 3.00. The summed E-state index contributed by atoms with van der Waals surface area (Å²) >= 11 is 0. The van der Waals surface area contributed by atoms with E-state index in [1.807, 2.05) is 19.1 Å². The van der Waals surface area contributed by atoms with Gasteiger partial charge in [-0.05, 0) is 36.2 Å². The number of anilines is 1. The molecule has 0 unspecified atom stereocenters. The molecule has 0 atom stereocenters. The van der Waals surface area contributed by atoms with Gasteiger partial charge in [0.1, 0.15) is 17.4 Å². The molecular formula is C16H13FN2O. The molecule has 3 nitrogen and oxygen atoms in total. The molecule has 4 heteroatoms. The maximum atomic E-state index is 13.4. The molecule has 0 aliphatic carbocycles. The van der Waals surface area contributed by atoms with Gasteiger partial charge in [0.2, 0.25) is 0 Å². The first-order chi connectivity index (χ1) is 9.65. The second kappa shape index (κ2) is 5.98. The molecule has 0 bridgehead atoms. The SMILES string of the molecule is CCc1ccc(C(=O)Nc2cccc(F)c2C#N)cc1. The van der Waals surface area contributed by atoms with Crippen LogP contribution in [0.1, 0.15) is 28.4 Å². The summed E-state index contributed by atoms with van der Waals surface area (Å²) in [5, 5.41) is 11.5. The van der Waals surface area contributed by atoms with Crippen LogP contribution in [0.25, 0.3) is 0 Å². The Morgan fingerprint density at radius 2 is 1.95 bits per heavy atom. The Kier molecular flexibility index (Phi) is 4.11. The van der Waals surface area contributed by atoms with Crippen molar-refractivity contribution in [3.05, 3.63) is 65.0 Å². The van der Waals surface area contributed by atoms with Crippen molar-refractivity contribution in [2.75, 3.05) is 5.32 Å². The normalized spacial score (nSPS) is 9.85. The number of nitrogens with zero attached hydrogens (tertiary/aromatic N) is 1. The third-order valence-corrected chi connectivity index (χ3v) is 3.00. The van der Waals surface area contributed by atoms with E-state index in [-0.39, 0.29) is 17.2 Å². The van der Waals surface area contributed by atoms with E-state index >= 15 is 0 Å². The molecule has 1 amide bonds. The van der Waals surface area contributed by atoms with Crippen molar-refractivity contribution < 1.29 is 9.18 Å². The Hall–Kier alpha value is -2.67. The Morgan fingerprint density at radius 3 is 2.55 bits per heavy atom. The molecule has 0 aliphatic rings.